The van der Waals surface area contributed by atoms with Crippen LogP contribution in [0, 0.1) is 0 Å². The summed E-state index contributed by atoms with van der Waals surface area (Å²) >= 11 is 0. The highest BCUT2D eigenvalue weighted by molar-refractivity contribution is 5.70. The molecule has 0 saturated carbocycles. The number of rotatable bonds is 35. The van der Waals surface area contributed by atoms with Gasteiger partial charge in [0.15, 0.2) is 0 Å². The summed E-state index contributed by atoms with van der Waals surface area (Å²) in [4.78, 5) is 27.6. The van der Waals surface area contributed by atoms with Crippen LogP contribution in [0.15, 0.2) is 24.3 Å². The van der Waals surface area contributed by atoms with Crippen molar-refractivity contribution in [2.45, 2.75) is 212 Å². The number of allylic oxidation sites excluding steroid dienone is 4. The van der Waals surface area contributed by atoms with E-state index in [1.165, 1.54) is 128 Å². The van der Waals surface area contributed by atoms with Gasteiger partial charge in [-0.3, -0.25) is 9.59 Å². The summed E-state index contributed by atoms with van der Waals surface area (Å²) in [5.74, 6) is -0.330. The first kappa shape index (κ1) is 46.4. The fraction of sp³-hybridized carbons (Fsp3) is 0.864. The fourth-order valence-electron chi connectivity index (χ4n) is 6.76. The van der Waals surface area contributed by atoms with Crippen molar-refractivity contribution in [1.29, 1.82) is 0 Å². The van der Waals surface area contributed by atoms with Gasteiger partial charge in [-0.15, -0.1) is 0 Å². The van der Waals surface area contributed by atoms with Gasteiger partial charge in [-0.2, -0.15) is 0 Å². The molecule has 292 valence electrons. The maximum absolute atomic E-state index is 12.8. The monoisotopic (exact) mass is 703 g/mol. The predicted octanol–water partition coefficient (Wildman–Crippen LogP) is 11.8. The summed E-state index contributed by atoms with van der Waals surface area (Å²) in [7, 11) is 2.12. The standard InChI is InChI=1S/C44H82N2O4/c1-4-6-8-10-12-14-16-18-20-22-24-26-28-30-32-34-43(47)49-40-42(38-41-39-45-36-37-46(41)3)50-44(48)35-33-31-29-27-25-23-21-19-17-15-13-11-9-7-5-2/h18-21,41-42,45H,4-17,22-40H2,1-3H3/b20-18-,21-19-. The number of nitrogens with zero attached hydrogens (tertiary/aromatic N) is 1. The van der Waals surface area contributed by atoms with Crippen LogP contribution in [0.2, 0.25) is 0 Å². The van der Waals surface area contributed by atoms with E-state index in [9.17, 15) is 9.59 Å². The quantitative estimate of drug-likeness (QED) is 0.0403. The van der Waals surface area contributed by atoms with Gasteiger partial charge in [-0.1, -0.05) is 141 Å². The molecule has 2 atom stereocenters. The zero-order valence-corrected chi connectivity index (χ0v) is 33.4. The molecule has 0 amide bonds. The van der Waals surface area contributed by atoms with Crippen molar-refractivity contribution in [3.63, 3.8) is 0 Å². The van der Waals surface area contributed by atoms with E-state index < -0.39 is 6.10 Å². The molecular weight excluding hydrogens is 620 g/mol. The van der Waals surface area contributed by atoms with Gasteiger partial charge in [0.1, 0.15) is 12.7 Å². The topological polar surface area (TPSA) is 67.9 Å². The first-order chi connectivity index (χ1) is 24.6. The van der Waals surface area contributed by atoms with Crippen molar-refractivity contribution in [2.24, 2.45) is 0 Å². The number of hydrogen-bond donors (Lipinski definition) is 1. The van der Waals surface area contributed by atoms with Gasteiger partial charge < -0.3 is 19.7 Å². The van der Waals surface area contributed by atoms with Crippen molar-refractivity contribution in [2.75, 3.05) is 33.3 Å². The number of nitrogens with one attached hydrogen (secondary N) is 1. The zero-order chi connectivity index (χ0) is 36.2. The van der Waals surface area contributed by atoms with E-state index in [1.807, 2.05) is 0 Å². The summed E-state index contributed by atoms with van der Waals surface area (Å²) in [6.45, 7) is 7.50. The average Bonchev–Trinajstić information content (AvgIpc) is 3.11. The highest BCUT2D eigenvalue weighted by atomic mass is 16.6. The van der Waals surface area contributed by atoms with Gasteiger partial charge in [-0.05, 0) is 71.3 Å². The van der Waals surface area contributed by atoms with E-state index in [1.54, 1.807) is 0 Å². The van der Waals surface area contributed by atoms with Crippen LogP contribution in [0.1, 0.15) is 200 Å². The van der Waals surface area contributed by atoms with Crippen molar-refractivity contribution in [3.05, 3.63) is 24.3 Å². The Hall–Kier alpha value is -1.66. The van der Waals surface area contributed by atoms with E-state index in [-0.39, 0.29) is 24.6 Å². The summed E-state index contributed by atoms with van der Waals surface area (Å²) in [6.07, 6.45) is 42.8. The lowest BCUT2D eigenvalue weighted by atomic mass is 10.1. The molecule has 1 aliphatic heterocycles. The minimum Gasteiger partial charge on any atom is -0.462 e. The molecule has 6 heteroatoms. The Morgan fingerprint density at radius 3 is 1.50 bits per heavy atom. The fourth-order valence-corrected chi connectivity index (χ4v) is 6.76. The van der Waals surface area contributed by atoms with Crippen LogP contribution in [0.25, 0.3) is 0 Å². The van der Waals surface area contributed by atoms with Gasteiger partial charge in [0.25, 0.3) is 0 Å². The molecule has 1 heterocycles. The number of piperazine rings is 1. The lowest BCUT2D eigenvalue weighted by molar-refractivity contribution is -0.160. The SMILES string of the molecule is CCCCCCCC/C=C\CCCCCCCC(=O)OCC(CC1CNCCN1C)OC(=O)CCCCCCC/C=C\CCCCCCCC. The van der Waals surface area contributed by atoms with Gasteiger partial charge in [0.2, 0.25) is 0 Å². The second-order valence-electron chi connectivity index (χ2n) is 15.0. The Labute approximate surface area is 310 Å². The number of ether oxygens (including phenoxy) is 2. The van der Waals surface area contributed by atoms with Crippen molar-refractivity contribution in [3.8, 4) is 0 Å². The van der Waals surface area contributed by atoms with E-state index in [4.69, 9.17) is 9.47 Å². The molecule has 0 bridgehead atoms. The zero-order valence-electron chi connectivity index (χ0n) is 33.4. The Morgan fingerprint density at radius 2 is 1.04 bits per heavy atom. The van der Waals surface area contributed by atoms with Crippen LogP contribution < -0.4 is 5.32 Å². The van der Waals surface area contributed by atoms with Crippen LogP contribution in [0.3, 0.4) is 0 Å². The second-order valence-corrected chi connectivity index (χ2v) is 15.0. The van der Waals surface area contributed by atoms with Crippen molar-refractivity contribution in [1.82, 2.24) is 10.2 Å². The molecule has 0 aliphatic carbocycles. The largest absolute Gasteiger partial charge is 0.462 e. The smallest absolute Gasteiger partial charge is 0.306 e. The lowest BCUT2D eigenvalue weighted by Crippen LogP contribution is -2.51. The molecule has 0 aromatic carbocycles. The molecule has 0 aromatic rings. The Bertz CT molecular complexity index is 829. The summed E-state index contributed by atoms with van der Waals surface area (Å²) < 4.78 is 11.6. The van der Waals surface area contributed by atoms with Crippen LogP contribution >= 0.6 is 0 Å². The number of esters is 2. The predicted molar refractivity (Wildman–Crippen MR) is 214 cm³/mol. The first-order valence-electron chi connectivity index (χ1n) is 21.6. The van der Waals surface area contributed by atoms with Crippen LogP contribution in [-0.4, -0.2) is 62.3 Å². The Kier molecular flexibility index (Phi) is 33.1. The molecule has 1 N–H and O–H groups in total. The maximum Gasteiger partial charge on any atom is 0.306 e. The van der Waals surface area contributed by atoms with Gasteiger partial charge >= 0.3 is 11.9 Å². The molecule has 1 rings (SSSR count). The van der Waals surface area contributed by atoms with Crippen molar-refractivity contribution < 1.29 is 19.1 Å². The Morgan fingerprint density at radius 1 is 0.620 bits per heavy atom. The van der Waals surface area contributed by atoms with Crippen LogP contribution in [-0.2, 0) is 19.1 Å². The van der Waals surface area contributed by atoms with E-state index >= 15 is 0 Å². The average molecular weight is 703 g/mol. The van der Waals surface area contributed by atoms with Gasteiger partial charge in [0.05, 0.1) is 0 Å². The molecule has 2 unspecified atom stereocenters. The molecule has 1 fully saturated rings. The molecule has 1 saturated heterocycles. The third kappa shape index (κ3) is 30.0. The van der Waals surface area contributed by atoms with E-state index in [0.29, 0.717) is 19.3 Å². The Balaban J connectivity index is 2.17. The number of carbonyl (C=O) groups is 2. The van der Waals surface area contributed by atoms with Crippen LogP contribution in [0.4, 0.5) is 0 Å². The molecule has 1 aliphatic rings. The molecule has 6 nitrogen and oxygen atoms in total. The van der Waals surface area contributed by atoms with E-state index in [0.717, 1.165) is 58.2 Å². The van der Waals surface area contributed by atoms with Gasteiger partial charge in [0, 0.05) is 44.9 Å². The number of likely N-dealkylation sites (N-methyl/N-ethyl adjacent to an activating group) is 1. The summed E-state index contributed by atoms with van der Waals surface area (Å²) in [5, 5.41) is 3.45. The minimum absolute atomic E-state index is 0.159. The molecule has 0 aromatic heterocycles. The number of carbonyl (C=O) groups excluding carboxylic acids is 2. The second kappa shape index (κ2) is 35.7. The molecule has 0 radical (unpaired) electrons. The maximum atomic E-state index is 12.8. The molecular formula is C44H82N2O4. The van der Waals surface area contributed by atoms with Crippen molar-refractivity contribution >= 4 is 11.9 Å². The minimum atomic E-state index is -0.393. The molecule has 0 spiro atoms. The van der Waals surface area contributed by atoms with Gasteiger partial charge in [-0.25, -0.2) is 0 Å². The highest BCUT2D eigenvalue weighted by Crippen LogP contribution is 2.16. The third-order valence-corrected chi connectivity index (χ3v) is 10.2. The number of unbranched alkanes of at least 4 members (excludes halogenated alkanes) is 22. The summed E-state index contributed by atoms with van der Waals surface area (Å²) in [6, 6.07) is 0.269. The lowest BCUT2D eigenvalue weighted by Gasteiger charge is -2.35. The molecule has 50 heavy (non-hydrogen) atoms. The summed E-state index contributed by atoms with van der Waals surface area (Å²) in [5.41, 5.74) is 0. The third-order valence-electron chi connectivity index (χ3n) is 10.2. The normalized spacial score (nSPS) is 16.0. The first-order valence-corrected chi connectivity index (χ1v) is 21.6. The number of hydrogen-bond acceptors (Lipinski definition) is 6. The highest BCUT2D eigenvalue weighted by Gasteiger charge is 2.26. The van der Waals surface area contributed by atoms with E-state index in [2.05, 4.69) is 55.4 Å². The van der Waals surface area contributed by atoms with Crippen LogP contribution in [0.5, 0.6) is 0 Å².